The molecule has 0 aromatic heterocycles. The number of rotatable bonds is 4. The summed E-state index contributed by atoms with van der Waals surface area (Å²) in [5.41, 5.74) is 0. The summed E-state index contributed by atoms with van der Waals surface area (Å²) < 4.78 is 111. The Morgan fingerprint density at radius 3 is 1.74 bits per heavy atom. The highest BCUT2D eigenvalue weighted by atomic mass is 16.8. The number of ether oxygens (including phenoxy) is 3. The molecule has 136 valence electrons. The summed E-state index contributed by atoms with van der Waals surface area (Å²) in [4.78, 5) is 0. The minimum atomic E-state index is -4.73. The van der Waals surface area contributed by atoms with Crippen LogP contribution in [0.4, 0.5) is 0 Å². The van der Waals surface area contributed by atoms with Gasteiger partial charge in [-0.25, -0.2) is 0 Å². The van der Waals surface area contributed by atoms with Crippen molar-refractivity contribution in [1.82, 2.24) is 0 Å². The number of hydrogen-bond donors (Lipinski definition) is 8. The molecule has 11 nitrogen and oxygen atoms in total. The lowest BCUT2D eigenvalue weighted by atomic mass is 9.98. The van der Waals surface area contributed by atoms with Crippen LogP contribution in [0.15, 0.2) is 0 Å². The van der Waals surface area contributed by atoms with E-state index in [4.69, 9.17) is 17.8 Å². The Kier molecular flexibility index (Phi) is 2.60. The van der Waals surface area contributed by atoms with Crippen molar-refractivity contribution in [2.45, 2.75) is 61.2 Å². The van der Waals surface area contributed by atoms with Crippen molar-refractivity contribution in [2.24, 2.45) is 0 Å². The lowest BCUT2D eigenvalue weighted by molar-refractivity contribution is -0.376. The lowest BCUT2D eigenvalue weighted by Gasteiger charge is -2.44. The monoisotopic (exact) mass is 355 g/mol. The second kappa shape index (κ2) is 7.63. The van der Waals surface area contributed by atoms with Crippen molar-refractivity contribution in [3.63, 3.8) is 0 Å². The van der Waals surface area contributed by atoms with Crippen molar-refractivity contribution < 1.29 is 72.9 Å². The molecule has 23 heavy (non-hydrogen) atoms. The van der Waals surface area contributed by atoms with E-state index in [0.29, 0.717) is 0 Å². The minimum absolute atomic E-state index is 3.59. The average molecular weight is 355 g/mol. The Bertz CT molecular complexity index is 906. The molecule has 2 aliphatic rings. The van der Waals surface area contributed by atoms with Gasteiger partial charge in [0, 0.05) is 0 Å². The van der Waals surface area contributed by atoms with Gasteiger partial charge in [-0.1, -0.05) is 0 Å². The third-order valence-corrected chi connectivity index (χ3v) is 2.59. The zero-order valence-electron chi connectivity index (χ0n) is 23.9. The summed E-state index contributed by atoms with van der Waals surface area (Å²) in [6.07, 6.45) is -44.5. The zero-order valence-corrected chi connectivity index (χ0v) is 10.9. The smallest absolute Gasteiger partial charge is 0.189 e. The second-order valence-electron chi connectivity index (χ2n) is 3.98. The first-order valence-corrected chi connectivity index (χ1v) is 5.63. The fraction of sp³-hybridized carbons (Fsp3) is 1.00. The van der Waals surface area contributed by atoms with Crippen LogP contribution in [0, 0.1) is 0 Å². The van der Waals surface area contributed by atoms with Crippen LogP contribution in [0.25, 0.3) is 0 Å². The first-order valence-electron chi connectivity index (χ1n) is 12.1. The van der Waals surface area contributed by atoms with E-state index in [2.05, 4.69) is 14.2 Å². The summed E-state index contributed by atoms with van der Waals surface area (Å²) in [7, 11) is 0. The normalized spacial score (nSPS) is 89.9. The Balaban J connectivity index is 2.82. The van der Waals surface area contributed by atoms with Gasteiger partial charge in [0.15, 0.2) is 12.5 Å². The van der Waals surface area contributed by atoms with E-state index in [1.165, 1.54) is 0 Å². The molecule has 2 rings (SSSR count). The van der Waals surface area contributed by atoms with Crippen LogP contribution in [-0.2, 0) is 14.2 Å². The van der Waals surface area contributed by atoms with Crippen LogP contribution in [0.3, 0.4) is 0 Å². The lowest BCUT2D eigenvalue weighted by Crippen LogP contribution is -2.63. The number of aliphatic hydroxyl groups excluding tert-OH is 1. The van der Waals surface area contributed by atoms with Gasteiger partial charge in [-0.15, -0.1) is 0 Å². The fourth-order valence-corrected chi connectivity index (χ4v) is 1.45. The van der Waals surface area contributed by atoms with Crippen LogP contribution in [0.1, 0.15) is 17.8 Å². The molecular weight excluding hydrogens is 320 g/mol. The summed E-state index contributed by atoms with van der Waals surface area (Å²) in [5, 5.41) is 80.4. The highest BCUT2D eigenvalue weighted by molar-refractivity contribution is 4.92. The maximum Gasteiger partial charge on any atom is 0.189 e. The standard InChI is InChI=1S/C12H22O11/c13-1-3-5(15)7(17)9(19)11(21-3)23-12-10(20)8(18)6(16)4(2-14)22-12/h3-20H,1-2H2/t3?,4?,5-,6-,7+,8?,9?,10?,11-,12+/m1/s1/i1D2,2D2,3D,4D,5D,6D,7D,9D,10D,11D,12D. The quantitative estimate of drug-likeness (QED) is 0.240. The van der Waals surface area contributed by atoms with Gasteiger partial charge in [0.05, 0.1) is 30.9 Å². The molecule has 0 bridgehead atoms. The average Bonchev–Trinajstić information content (AvgIpc) is 2.62. The van der Waals surface area contributed by atoms with Gasteiger partial charge in [0.2, 0.25) is 0 Å². The zero-order chi connectivity index (χ0) is 29.2. The molecule has 2 fully saturated rings. The van der Waals surface area contributed by atoms with Crippen molar-refractivity contribution >= 4 is 0 Å². The van der Waals surface area contributed by atoms with E-state index < -0.39 is 74.3 Å². The van der Waals surface area contributed by atoms with E-state index in [9.17, 15) is 40.9 Å². The molecule has 2 saturated heterocycles. The Hall–Kier alpha value is -0.440. The third-order valence-electron chi connectivity index (χ3n) is 2.59. The van der Waals surface area contributed by atoms with Crippen molar-refractivity contribution in [3.8, 4) is 0 Å². The molecule has 2 heterocycles. The van der Waals surface area contributed by atoms with Crippen molar-refractivity contribution in [3.05, 3.63) is 0 Å². The number of hydrogen-bond acceptors (Lipinski definition) is 11. The molecule has 0 aromatic carbocycles. The van der Waals surface area contributed by atoms with Crippen LogP contribution < -0.4 is 0 Å². The van der Waals surface area contributed by atoms with Crippen molar-refractivity contribution in [2.75, 3.05) is 13.1 Å². The fourth-order valence-electron chi connectivity index (χ4n) is 1.45. The van der Waals surface area contributed by atoms with E-state index in [0.717, 1.165) is 0 Å². The molecule has 8 N–H and O–H groups in total. The highest BCUT2D eigenvalue weighted by Gasteiger charge is 2.49. The molecule has 2 aliphatic heterocycles. The van der Waals surface area contributed by atoms with Gasteiger partial charge < -0.3 is 55.1 Å². The van der Waals surface area contributed by atoms with Crippen LogP contribution in [-0.4, -0.2) is 115 Å². The van der Waals surface area contributed by atoms with E-state index in [1.54, 1.807) is 0 Å². The largest absolute Gasteiger partial charge is 0.394 e. The molecule has 0 aliphatic carbocycles. The Labute approximate surface area is 149 Å². The van der Waals surface area contributed by atoms with Gasteiger partial charge in [0.1, 0.15) is 48.7 Å². The van der Waals surface area contributed by atoms with Gasteiger partial charge in [0.25, 0.3) is 0 Å². The van der Waals surface area contributed by atoms with Gasteiger partial charge in [-0.3, -0.25) is 0 Å². The molecule has 11 heteroatoms. The first-order chi connectivity index (χ1) is 15.3. The molecule has 10 atom stereocenters. The van der Waals surface area contributed by atoms with E-state index in [-0.39, 0.29) is 0 Å². The predicted octanol–water partition coefficient (Wildman–Crippen LogP) is -5.40. The minimum Gasteiger partial charge on any atom is -0.394 e. The van der Waals surface area contributed by atoms with Crippen LogP contribution >= 0.6 is 0 Å². The predicted molar refractivity (Wildman–Crippen MR) is 68.6 cm³/mol. The second-order valence-corrected chi connectivity index (χ2v) is 3.98. The molecule has 0 saturated carbocycles. The van der Waals surface area contributed by atoms with Gasteiger partial charge >= 0.3 is 0 Å². The molecule has 0 spiro atoms. The third kappa shape index (κ3) is 3.65. The van der Waals surface area contributed by atoms with Gasteiger partial charge in [-0.05, 0) is 0 Å². The Morgan fingerprint density at radius 1 is 0.739 bits per heavy atom. The maximum absolute atomic E-state index is 10.4. The van der Waals surface area contributed by atoms with Crippen LogP contribution in [0.5, 0.6) is 0 Å². The maximum atomic E-state index is 10.4. The van der Waals surface area contributed by atoms with Crippen molar-refractivity contribution in [1.29, 1.82) is 0 Å². The van der Waals surface area contributed by atoms with Gasteiger partial charge in [-0.2, -0.15) is 0 Å². The van der Waals surface area contributed by atoms with E-state index >= 15 is 0 Å². The molecular formula is C12H22O11. The van der Waals surface area contributed by atoms with E-state index in [1.807, 2.05) is 0 Å². The molecule has 0 amide bonds. The summed E-state index contributed by atoms with van der Waals surface area (Å²) in [5.74, 6) is 0. The first kappa shape index (κ1) is 7.85. The number of aliphatic hydroxyl groups is 8. The summed E-state index contributed by atoms with van der Waals surface area (Å²) in [6.45, 7) is -8.69. The molecule has 5 unspecified atom stereocenters. The Morgan fingerprint density at radius 2 is 1.22 bits per heavy atom. The highest BCUT2D eigenvalue weighted by Crippen LogP contribution is 2.27. The SMILES string of the molecule is [2H]C([2H])(O)C1([2H])O[C@@]([2H])(O[C@@]2([2H])OC([2H])(C([2H])([2H])O)[C@@]([2H])(O)[C@]([2H])(O)C2([2H])O)C([2H])(O)C(O)[C@]1([2H])O. The molecule has 0 aromatic rings. The summed E-state index contributed by atoms with van der Waals surface area (Å²) >= 11 is 0. The molecule has 0 radical (unpaired) electrons. The van der Waals surface area contributed by atoms with Crippen LogP contribution in [0.2, 0.25) is 0 Å². The summed E-state index contributed by atoms with van der Waals surface area (Å²) in [6, 6.07) is 0. The topological polar surface area (TPSA) is 190 Å².